The summed E-state index contributed by atoms with van der Waals surface area (Å²) in [5.41, 5.74) is -0.318. The first kappa shape index (κ1) is 13.9. The Morgan fingerprint density at radius 1 is 1.40 bits per heavy atom. The molecule has 88 valence electrons. The van der Waals surface area contributed by atoms with Crippen molar-refractivity contribution in [2.24, 2.45) is 0 Å². The molecule has 1 amide bonds. The van der Waals surface area contributed by atoms with Crippen molar-refractivity contribution in [3.05, 3.63) is 0 Å². The summed E-state index contributed by atoms with van der Waals surface area (Å²) in [6.07, 6.45) is 0. The molecule has 1 fully saturated rings. The van der Waals surface area contributed by atoms with Crippen LogP contribution in [0.1, 0.15) is 27.7 Å². The summed E-state index contributed by atoms with van der Waals surface area (Å²) in [6, 6.07) is 0.00347. The number of hydrogen-bond acceptors (Lipinski definition) is 4. The van der Waals surface area contributed by atoms with Crippen LogP contribution in [0.2, 0.25) is 0 Å². The van der Waals surface area contributed by atoms with Gasteiger partial charge in [-0.15, -0.1) is 0 Å². The van der Waals surface area contributed by atoms with Crippen molar-refractivity contribution in [1.29, 1.82) is 0 Å². The Bertz CT molecular complexity index is 211. The van der Waals surface area contributed by atoms with E-state index in [1.807, 2.05) is 27.7 Å². The Balaban J connectivity index is 0.000000265. The van der Waals surface area contributed by atoms with Crippen LogP contribution in [0.25, 0.3) is 0 Å². The van der Waals surface area contributed by atoms with E-state index in [2.05, 4.69) is 15.4 Å². The van der Waals surface area contributed by atoms with Crippen LogP contribution in [-0.4, -0.2) is 37.1 Å². The second-order valence-corrected chi connectivity index (χ2v) is 4.29. The van der Waals surface area contributed by atoms with Crippen LogP contribution >= 0.6 is 0 Å². The largest absolute Gasteiger partial charge is 0.462 e. The highest BCUT2D eigenvalue weighted by Crippen LogP contribution is 2.02. The number of rotatable bonds is 1. The van der Waals surface area contributed by atoms with Gasteiger partial charge in [0.2, 0.25) is 5.91 Å². The van der Waals surface area contributed by atoms with E-state index in [1.165, 1.54) is 0 Å². The average molecular weight is 216 g/mol. The molecule has 0 aromatic rings. The van der Waals surface area contributed by atoms with Gasteiger partial charge in [-0.1, -0.05) is 0 Å². The molecule has 2 N–H and O–H groups in total. The summed E-state index contributed by atoms with van der Waals surface area (Å²) in [5.74, 6) is 0.108. The molecule has 0 aromatic heterocycles. The fraction of sp³-hybridized carbons (Fsp3) is 0.800. The highest BCUT2D eigenvalue weighted by Gasteiger charge is 2.14. The fourth-order valence-electron chi connectivity index (χ4n) is 0.865. The third-order valence-corrected chi connectivity index (χ3v) is 1.67. The van der Waals surface area contributed by atoms with Gasteiger partial charge >= 0.3 is 0 Å². The van der Waals surface area contributed by atoms with Gasteiger partial charge in [0, 0.05) is 13.1 Å². The third-order valence-electron chi connectivity index (χ3n) is 1.67. The zero-order chi connectivity index (χ0) is 11.9. The molecule has 0 radical (unpaired) electrons. The molecule has 0 aromatic carbocycles. The minimum atomic E-state index is -0.318. The lowest BCUT2D eigenvalue weighted by Crippen LogP contribution is -2.51. The lowest BCUT2D eigenvalue weighted by molar-refractivity contribution is -0.138. The van der Waals surface area contributed by atoms with Gasteiger partial charge in [-0.25, -0.2) is 0 Å². The van der Waals surface area contributed by atoms with Crippen LogP contribution in [0, 0.1) is 0 Å². The summed E-state index contributed by atoms with van der Waals surface area (Å²) in [5, 5.41) is 5.75. The zero-order valence-electron chi connectivity index (χ0n) is 9.79. The minimum Gasteiger partial charge on any atom is -0.462 e. The first-order valence-electron chi connectivity index (χ1n) is 4.99. The van der Waals surface area contributed by atoms with E-state index in [1.54, 1.807) is 0 Å². The molecule has 1 atom stereocenters. The van der Waals surface area contributed by atoms with E-state index in [0.717, 1.165) is 13.1 Å². The van der Waals surface area contributed by atoms with Crippen LogP contribution in [-0.2, 0) is 14.3 Å². The lowest BCUT2D eigenvalue weighted by Gasteiger charge is -2.19. The maximum absolute atomic E-state index is 10.6. The van der Waals surface area contributed by atoms with Crippen molar-refractivity contribution in [3.8, 4) is 0 Å². The highest BCUT2D eigenvalue weighted by atomic mass is 16.5. The van der Waals surface area contributed by atoms with Crippen LogP contribution in [0.15, 0.2) is 0 Å². The van der Waals surface area contributed by atoms with Crippen LogP contribution < -0.4 is 10.6 Å². The molecule has 1 saturated heterocycles. The van der Waals surface area contributed by atoms with Gasteiger partial charge < -0.3 is 15.4 Å². The van der Waals surface area contributed by atoms with E-state index >= 15 is 0 Å². The molecule has 1 unspecified atom stereocenters. The topological polar surface area (TPSA) is 67.4 Å². The molecule has 0 aliphatic carbocycles. The van der Waals surface area contributed by atoms with Gasteiger partial charge in [0.15, 0.2) is 0 Å². The standard InChI is InChI=1S/C5H10N2O.C5H10O2/c1-4-5(8)7-3-2-6-4;1-5(2,3)7-4-6/h4,6H,2-3H2,1H3,(H,7,8);4H,1-3H3. The Morgan fingerprint density at radius 3 is 2.20 bits per heavy atom. The van der Waals surface area contributed by atoms with Gasteiger partial charge in [-0.3, -0.25) is 9.59 Å². The number of ether oxygens (including phenoxy) is 1. The van der Waals surface area contributed by atoms with Crippen molar-refractivity contribution < 1.29 is 14.3 Å². The van der Waals surface area contributed by atoms with Gasteiger partial charge in [0.05, 0.1) is 6.04 Å². The molecule has 0 spiro atoms. The van der Waals surface area contributed by atoms with Crippen molar-refractivity contribution in [2.45, 2.75) is 39.3 Å². The molecule has 0 saturated carbocycles. The Kier molecular flexibility index (Phi) is 5.93. The Morgan fingerprint density at radius 2 is 2.00 bits per heavy atom. The molecule has 5 heteroatoms. The zero-order valence-corrected chi connectivity index (χ0v) is 9.79. The summed E-state index contributed by atoms with van der Waals surface area (Å²) >= 11 is 0. The van der Waals surface area contributed by atoms with Crippen molar-refractivity contribution in [3.63, 3.8) is 0 Å². The predicted octanol–water partition coefficient (Wildman–Crippen LogP) is 0.0522. The number of hydrogen-bond donors (Lipinski definition) is 2. The quantitative estimate of drug-likeness (QED) is 0.608. The molecule has 5 nitrogen and oxygen atoms in total. The van der Waals surface area contributed by atoms with Crippen LogP contribution in [0.3, 0.4) is 0 Å². The fourth-order valence-corrected chi connectivity index (χ4v) is 0.865. The Labute approximate surface area is 90.6 Å². The SMILES string of the molecule is CC(C)(C)OC=O.CC1NCCNC1=O. The second kappa shape index (κ2) is 6.40. The molecule has 1 aliphatic rings. The van der Waals surface area contributed by atoms with Gasteiger partial charge in [-0.2, -0.15) is 0 Å². The molecule has 0 bridgehead atoms. The molecule has 1 rings (SSSR count). The molecular formula is C10H20N2O3. The first-order chi connectivity index (χ1) is 6.87. The third kappa shape index (κ3) is 7.93. The normalized spacial score (nSPS) is 20.8. The number of nitrogens with one attached hydrogen (secondary N) is 2. The first-order valence-corrected chi connectivity index (χ1v) is 4.99. The second-order valence-electron chi connectivity index (χ2n) is 4.29. The number of amides is 1. The summed E-state index contributed by atoms with van der Waals surface area (Å²) in [6.45, 7) is 9.44. The van der Waals surface area contributed by atoms with Gasteiger partial charge in [0.25, 0.3) is 6.47 Å². The van der Waals surface area contributed by atoms with E-state index in [4.69, 9.17) is 0 Å². The molecular weight excluding hydrogens is 196 g/mol. The van der Waals surface area contributed by atoms with E-state index < -0.39 is 0 Å². The maximum atomic E-state index is 10.6. The van der Waals surface area contributed by atoms with Crippen molar-refractivity contribution in [2.75, 3.05) is 13.1 Å². The van der Waals surface area contributed by atoms with Crippen molar-refractivity contribution >= 4 is 12.4 Å². The van der Waals surface area contributed by atoms with Crippen LogP contribution in [0.4, 0.5) is 0 Å². The number of piperazine rings is 1. The highest BCUT2D eigenvalue weighted by molar-refractivity contribution is 5.81. The van der Waals surface area contributed by atoms with Crippen LogP contribution in [0.5, 0.6) is 0 Å². The monoisotopic (exact) mass is 216 g/mol. The molecule has 1 aliphatic heterocycles. The van der Waals surface area contributed by atoms with E-state index in [-0.39, 0.29) is 17.6 Å². The molecule has 15 heavy (non-hydrogen) atoms. The lowest BCUT2D eigenvalue weighted by atomic mass is 10.2. The maximum Gasteiger partial charge on any atom is 0.293 e. The van der Waals surface area contributed by atoms with E-state index in [0.29, 0.717) is 6.47 Å². The molecule has 1 heterocycles. The van der Waals surface area contributed by atoms with E-state index in [9.17, 15) is 9.59 Å². The summed E-state index contributed by atoms with van der Waals surface area (Å²) in [4.78, 5) is 20.2. The number of carbonyl (C=O) groups is 2. The minimum absolute atomic E-state index is 0.00347. The van der Waals surface area contributed by atoms with Gasteiger partial charge in [0.1, 0.15) is 5.60 Å². The number of carbonyl (C=O) groups excluding carboxylic acids is 2. The predicted molar refractivity (Wildman–Crippen MR) is 57.4 cm³/mol. The summed E-state index contributed by atoms with van der Waals surface area (Å²) in [7, 11) is 0. The van der Waals surface area contributed by atoms with Gasteiger partial charge in [-0.05, 0) is 27.7 Å². The Hall–Kier alpha value is -1.10. The smallest absolute Gasteiger partial charge is 0.293 e. The summed E-state index contributed by atoms with van der Waals surface area (Å²) < 4.78 is 4.55. The average Bonchev–Trinajstić information content (AvgIpc) is 2.09. The van der Waals surface area contributed by atoms with Crippen molar-refractivity contribution in [1.82, 2.24) is 10.6 Å².